The number of hydrogen-bond donors (Lipinski definition) is 3. The van der Waals surface area contributed by atoms with Crippen molar-refractivity contribution in [3.8, 4) is 0 Å². The Balaban J connectivity index is 1.82. The normalized spacial score (nSPS) is 21.1. The maximum absolute atomic E-state index is 10.7. The van der Waals surface area contributed by atoms with Gasteiger partial charge in [-0.1, -0.05) is 0 Å². The molecule has 0 aromatic carbocycles. The van der Waals surface area contributed by atoms with Gasteiger partial charge in [0.2, 0.25) is 0 Å². The highest BCUT2D eigenvalue weighted by atomic mass is 32.1. The molecule has 2 heterocycles. The van der Waals surface area contributed by atoms with Crippen LogP contribution < -0.4 is 16.8 Å². The quantitative estimate of drug-likeness (QED) is 0.692. The van der Waals surface area contributed by atoms with E-state index >= 15 is 0 Å². The first-order valence-electron chi connectivity index (χ1n) is 5.12. The van der Waals surface area contributed by atoms with Crippen molar-refractivity contribution in [1.82, 2.24) is 15.2 Å². The summed E-state index contributed by atoms with van der Waals surface area (Å²) in [4.78, 5) is 18.1. The molecule has 0 aliphatic carbocycles. The van der Waals surface area contributed by atoms with Gasteiger partial charge in [-0.05, 0) is 6.42 Å². The van der Waals surface area contributed by atoms with Crippen molar-refractivity contribution in [1.29, 1.82) is 0 Å². The van der Waals surface area contributed by atoms with E-state index in [4.69, 9.17) is 11.5 Å². The standard InChI is InChI=1S/C9H15N5OS/c10-8(15)13-6-1-2-14(4-6)5-7-3-12-9(11)16-7/h3,6H,1-2,4-5H2,(H2,11,12)(H3,10,13,15). The van der Waals surface area contributed by atoms with Crippen molar-refractivity contribution < 1.29 is 4.79 Å². The van der Waals surface area contributed by atoms with Crippen LogP contribution in [0.15, 0.2) is 6.20 Å². The number of primary amides is 1. The SMILES string of the molecule is NC(=O)NC1CCN(Cc2cnc(N)s2)C1. The number of nitrogens with one attached hydrogen (secondary N) is 1. The molecular weight excluding hydrogens is 226 g/mol. The second kappa shape index (κ2) is 4.67. The number of aromatic nitrogens is 1. The van der Waals surface area contributed by atoms with Gasteiger partial charge in [0, 0.05) is 36.8 Å². The summed E-state index contributed by atoms with van der Waals surface area (Å²) in [6.07, 6.45) is 2.74. The van der Waals surface area contributed by atoms with Gasteiger partial charge in [0.05, 0.1) is 0 Å². The second-order valence-corrected chi connectivity index (χ2v) is 5.04. The lowest BCUT2D eigenvalue weighted by Gasteiger charge is -2.14. The van der Waals surface area contributed by atoms with Crippen molar-refractivity contribution in [3.05, 3.63) is 11.1 Å². The molecule has 2 amide bonds. The number of thiazole rings is 1. The zero-order valence-corrected chi connectivity index (χ0v) is 9.67. The molecule has 1 aliphatic rings. The minimum atomic E-state index is -0.450. The molecule has 1 atom stereocenters. The van der Waals surface area contributed by atoms with Crippen LogP contribution in [-0.4, -0.2) is 35.0 Å². The first-order valence-corrected chi connectivity index (χ1v) is 5.93. The Morgan fingerprint density at radius 2 is 2.56 bits per heavy atom. The maximum Gasteiger partial charge on any atom is 0.312 e. The van der Waals surface area contributed by atoms with E-state index < -0.39 is 6.03 Å². The van der Waals surface area contributed by atoms with Crippen molar-refractivity contribution in [2.24, 2.45) is 5.73 Å². The van der Waals surface area contributed by atoms with E-state index in [-0.39, 0.29) is 6.04 Å². The highest BCUT2D eigenvalue weighted by Crippen LogP contribution is 2.19. The Morgan fingerprint density at radius 3 is 3.19 bits per heavy atom. The maximum atomic E-state index is 10.7. The van der Waals surface area contributed by atoms with E-state index in [0.717, 1.165) is 30.9 Å². The van der Waals surface area contributed by atoms with Crippen molar-refractivity contribution >= 4 is 22.5 Å². The third kappa shape index (κ3) is 2.83. The minimum Gasteiger partial charge on any atom is -0.375 e. The molecule has 0 spiro atoms. The number of carbonyl (C=O) groups excluding carboxylic acids is 1. The topological polar surface area (TPSA) is 97.3 Å². The summed E-state index contributed by atoms with van der Waals surface area (Å²) < 4.78 is 0. The molecule has 0 bridgehead atoms. The predicted octanol–water partition coefficient (Wildman–Crippen LogP) is -0.0321. The lowest BCUT2D eigenvalue weighted by Crippen LogP contribution is -2.40. The minimum absolute atomic E-state index is 0.169. The zero-order chi connectivity index (χ0) is 11.5. The summed E-state index contributed by atoms with van der Waals surface area (Å²) in [5, 5.41) is 3.32. The molecule has 16 heavy (non-hydrogen) atoms. The monoisotopic (exact) mass is 241 g/mol. The van der Waals surface area contributed by atoms with E-state index in [2.05, 4.69) is 15.2 Å². The van der Waals surface area contributed by atoms with Crippen molar-refractivity contribution in [3.63, 3.8) is 0 Å². The number of nitrogens with two attached hydrogens (primary N) is 2. The van der Waals surface area contributed by atoms with Crippen LogP contribution in [0.1, 0.15) is 11.3 Å². The lowest BCUT2D eigenvalue weighted by molar-refractivity contribution is 0.244. The number of likely N-dealkylation sites (tertiary alicyclic amines) is 1. The molecule has 1 aliphatic heterocycles. The van der Waals surface area contributed by atoms with Gasteiger partial charge in [-0.15, -0.1) is 11.3 Å². The highest BCUT2D eigenvalue weighted by molar-refractivity contribution is 7.15. The van der Waals surface area contributed by atoms with Gasteiger partial charge in [0.15, 0.2) is 5.13 Å². The zero-order valence-electron chi connectivity index (χ0n) is 8.85. The first kappa shape index (κ1) is 11.2. The van der Waals surface area contributed by atoms with Crippen molar-refractivity contribution in [2.45, 2.75) is 19.0 Å². The predicted molar refractivity (Wildman–Crippen MR) is 62.9 cm³/mol. The molecule has 6 nitrogen and oxygen atoms in total. The number of urea groups is 1. The van der Waals surface area contributed by atoms with E-state index in [1.54, 1.807) is 6.20 Å². The molecule has 7 heteroatoms. The molecule has 88 valence electrons. The van der Waals surface area contributed by atoms with Crippen molar-refractivity contribution in [2.75, 3.05) is 18.8 Å². The fraction of sp³-hybridized carbons (Fsp3) is 0.556. The Bertz CT molecular complexity index is 380. The molecule has 0 radical (unpaired) electrons. The number of carbonyl (C=O) groups is 1. The van der Waals surface area contributed by atoms with Crippen LogP contribution in [0.2, 0.25) is 0 Å². The average Bonchev–Trinajstić information content (AvgIpc) is 2.76. The number of nitrogen functional groups attached to an aromatic ring is 1. The summed E-state index contributed by atoms with van der Waals surface area (Å²) in [5.74, 6) is 0. The van der Waals surface area contributed by atoms with Crippen LogP contribution in [0.5, 0.6) is 0 Å². The Kier molecular flexibility index (Phi) is 3.25. The molecule has 0 saturated carbocycles. The van der Waals surface area contributed by atoms with Crippen LogP contribution >= 0.6 is 11.3 Å². The number of anilines is 1. The van der Waals surface area contributed by atoms with Crippen LogP contribution in [0, 0.1) is 0 Å². The number of nitrogens with zero attached hydrogens (tertiary/aromatic N) is 2. The van der Waals surface area contributed by atoms with Gasteiger partial charge in [-0.25, -0.2) is 9.78 Å². The average molecular weight is 241 g/mol. The molecular formula is C9H15N5OS. The van der Waals surface area contributed by atoms with Gasteiger partial charge in [0.1, 0.15) is 0 Å². The number of hydrogen-bond acceptors (Lipinski definition) is 5. The summed E-state index contributed by atoms with van der Waals surface area (Å²) in [6, 6.07) is -0.281. The van der Waals surface area contributed by atoms with Crippen LogP contribution in [0.4, 0.5) is 9.93 Å². The number of rotatable bonds is 3. The summed E-state index contributed by atoms with van der Waals surface area (Å²) in [7, 11) is 0. The molecule has 1 aromatic heterocycles. The summed E-state index contributed by atoms with van der Waals surface area (Å²) >= 11 is 1.50. The second-order valence-electron chi connectivity index (χ2n) is 3.89. The highest BCUT2D eigenvalue weighted by Gasteiger charge is 2.23. The van der Waals surface area contributed by atoms with Gasteiger partial charge in [0.25, 0.3) is 0 Å². The van der Waals surface area contributed by atoms with Crippen LogP contribution in [0.3, 0.4) is 0 Å². The molecule has 1 fully saturated rings. The molecule has 5 N–H and O–H groups in total. The fourth-order valence-corrected chi connectivity index (χ4v) is 2.64. The lowest BCUT2D eigenvalue weighted by atomic mass is 10.3. The fourth-order valence-electron chi connectivity index (χ4n) is 1.91. The molecule has 1 unspecified atom stereocenters. The van der Waals surface area contributed by atoms with E-state index in [0.29, 0.717) is 5.13 Å². The molecule has 1 saturated heterocycles. The smallest absolute Gasteiger partial charge is 0.312 e. The van der Waals surface area contributed by atoms with Crippen LogP contribution in [-0.2, 0) is 6.54 Å². The Hall–Kier alpha value is -1.34. The first-order chi connectivity index (χ1) is 7.63. The molecule has 1 aromatic rings. The third-order valence-electron chi connectivity index (χ3n) is 2.57. The van der Waals surface area contributed by atoms with E-state index in [1.807, 2.05) is 0 Å². The largest absolute Gasteiger partial charge is 0.375 e. The summed E-state index contributed by atoms with van der Waals surface area (Å²) in [5.41, 5.74) is 10.6. The summed E-state index contributed by atoms with van der Waals surface area (Å²) in [6.45, 7) is 2.63. The van der Waals surface area contributed by atoms with Gasteiger partial charge >= 0.3 is 6.03 Å². The Labute approximate surface area is 97.6 Å². The van der Waals surface area contributed by atoms with E-state index in [1.165, 1.54) is 11.3 Å². The third-order valence-corrected chi connectivity index (χ3v) is 3.38. The van der Waals surface area contributed by atoms with Gasteiger partial charge in [-0.3, -0.25) is 4.90 Å². The van der Waals surface area contributed by atoms with Gasteiger partial charge < -0.3 is 16.8 Å². The van der Waals surface area contributed by atoms with Crippen LogP contribution in [0.25, 0.3) is 0 Å². The Morgan fingerprint density at radius 1 is 1.75 bits per heavy atom. The van der Waals surface area contributed by atoms with E-state index in [9.17, 15) is 4.79 Å². The van der Waals surface area contributed by atoms with Gasteiger partial charge in [-0.2, -0.15) is 0 Å². The molecule has 2 rings (SSSR count). The number of amides is 2.